The van der Waals surface area contributed by atoms with Crippen molar-refractivity contribution in [3.8, 4) is 47.3 Å². The number of benzene rings is 4. The molecule has 4 aromatic carbocycles. The van der Waals surface area contributed by atoms with Crippen LogP contribution >= 0.6 is 46.4 Å². The van der Waals surface area contributed by atoms with Gasteiger partial charge in [0, 0.05) is 90.9 Å². The molecule has 0 aliphatic heterocycles. The van der Waals surface area contributed by atoms with Crippen molar-refractivity contribution in [1.82, 2.24) is 30.1 Å². The fourth-order valence-corrected chi connectivity index (χ4v) is 14.7. The summed E-state index contributed by atoms with van der Waals surface area (Å²) in [5.74, 6) is 7.41. The van der Waals surface area contributed by atoms with E-state index in [1.54, 1.807) is 79.0 Å². The van der Waals surface area contributed by atoms with Crippen LogP contribution in [0.5, 0.6) is 23.0 Å². The second-order valence-electron chi connectivity index (χ2n) is 29.9. The average molecular weight is 1540 g/mol. The van der Waals surface area contributed by atoms with E-state index in [1.807, 2.05) is 67.0 Å². The van der Waals surface area contributed by atoms with Crippen LogP contribution in [0.1, 0.15) is 289 Å². The number of halogens is 4. The molecule has 4 aliphatic carbocycles. The molecule has 1 N–H and O–H groups in total. The minimum atomic E-state index is 0.0612. The Morgan fingerprint density at radius 2 is 0.778 bits per heavy atom. The highest BCUT2D eigenvalue weighted by atomic mass is 35.5. The quantitative estimate of drug-likeness (QED) is 0.0618. The number of imidazole rings is 1. The van der Waals surface area contributed by atoms with Gasteiger partial charge in [-0.25, -0.2) is 4.98 Å². The van der Waals surface area contributed by atoms with E-state index in [9.17, 15) is 14.4 Å². The van der Waals surface area contributed by atoms with Crippen molar-refractivity contribution in [3.63, 3.8) is 0 Å². The van der Waals surface area contributed by atoms with Gasteiger partial charge in [0.25, 0.3) is 0 Å². The van der Waals surface area contributed by atoms with Crippen LogP contribution in [0.15, 0.2) is 128 Å². The lowest BCUT2D eigenvalue weighted by Crippen LogP contribution is -2.25. The van der Waals surface area contributed by atoms with E-state index in [-0.39, 0.29) is 41.8 Å². The van der Waals surface area contributed by atoms with Gasteiger partial charge >= 0.3 is 0 Å². The molecule has 8 aromatic rings. The Kier molecular flexibility index (Phi) is 31.3. The van der Waals surface area contributed by atoms with Crippen LogP contribution in [0.3, 0.4) is 0 Å². The van der Waals surface area contributed by atoms with Gasteiger partial charge < -0.3 is 23.9 Å². The van der Waals surface area contributed by atoms with Gasteiger partial charge in [0.2, 0.25) is 0 Å². The first-order chi connectivity index (χ1) is 51.9. The number of nitrogens with zero attached hydrogens (tertiary/aromatic N) is 9. The fraction of sp³-hybridized carbons (Fsp3) is 0.448. The highest BCUT2D eigenvalue weighted by Crippen LogP contribution is 2.38. The van der Waals surface area contributed by atoms with Crippen LogP contribution in [0.4, 0.5) is 0 Å². The Labute approximate surface area is 656 Å². The van der Waals surface area contributed by atoms with Crippen molar-refractivity contribution < 1.29 is 33.3 Å². The predicted molar refractivity (Wildman–Crippen MR) is 422 cm³/mol. The zero-order valence-electron chi connectivity index (χ0n) is 62.9. The number of nitrogens with one attached hydrogen (secondary N) is 1. The van der Waals surface area contributed by atoms with E-state index in [1.165, 1.54) is 5.69 Å². The molecule has 4 fully saturated rings. The summed E-state index contributed by atoms with van der Waals surface area (Å²) < 4.78 is 24.1. The molecule has 12 rings (SSSR count). The molecular formula is C87H96Cl4N10O7. The lowest BCUT2D eigenvalue weighted by atomic mass is 9.83. The van der Waals surface area contributed by atoms with Crippen LogP contribution in [0, 0.1) is 63.1 Å². The molecule has 21 heteroatoms. The largest absolute Gasteiger partial charge is 0.490 e. The Bertz CT molecular complexity index is 4120. The Morgan fingerprint density at radius 3 is 1.09 bits per heavy atom. The minimum absolute atomic E-state index is 0.0612. The standard InChI is InChI=1S/2C23H25ClN2O2.C22H24ClN3O2.C19H22ClN3O/c1-15(2)22-10-6-18(14-26-22)23(27)11-16-3-7-19(8-4-16)28-20-9-5-17(13-25)21(24)12-20;1-15(2)18-6-10-22(26-14-18)23(27)11-16-3-7-19(8-4-16)28-20-9-5-17(13-25)21(24)12-20;1-14(2)20-9-10-21(26-25-20)22(27)11-15-3-6-17(7-4-15)28-18-8-5-16(13-24)19(23)12-18;1-12(2)19-22-11-18(23-19)13-3-6-15(7-4-13)24-16-8-5-14(10-21)17(20)9-16/h2*5-6,9-10,12,14-16,19H,3-4,7-8,11H2,1-2H3;5,8-10,12,14-15,17H,3-4,6-7,11H2,1-2H3;5,8-9,11-13,15H,3-4,6-7H2,1-2H3,(H,22,23). The number of ether oxygens (including phenoxy) is 4. The molecule has 0 bridgehead atoms. The zero-order valence-corrected chi connectivity index (χ0v) is 65.9. The molecular weight excluding hydrogens is 1440 g/mol. The first kappa shape index (κ1) is 82.8. The number of hydrogen-bond acceptors (Lipinski definition) is 16. The Hall–Kier alpha value is -9.20. The third-order valence-corrected chi connectivity index (χ3v) is 21.8. The Balaban J connectivity index is 0.000000166. The molecule has 4 aliphatic rings. The smallest absolute Gasteiger partial charge is 0.183 e. The van der Waals surface area contributed by atoms with Gasteiger partial charge in [-0.05, 0) is 223 Å². The highest BCUT2D eigenvalue weighted by molar-refractivity contribution is 6.32. The average Bonchev–Trinajstić information content (AvgIpc) is 1.78. The maximum atomic E-state index is 12.6. The normalized spacial score (nSPS) is 19.6. The van der Waals surface area contributed by atoms with Crippen LogP contribution in [-0.2, 0) is 0 Å². The SMILES string of the molecule is CC(C)c1ccc(C(=O)CC2CCC(Oc3ccc(C#N)c(Cl)c3)CC2)cn1.CC(C)c1ccc(C(=O)CC2CCC(Oc3ccc(C#N)c(Cl)c3)CC2)nc1.CC(C)c1ccc(C(=O)CC2CCC(Oc3ccc(C#N)c(Cl)c3)CC2)nn1.CC(C)c1ncc(C2CCC(Oc3ccc(C#N)c(Cl)c3)CC2)[nH]1. The summed E-state index contributed by atoms with van der Waals surface area (Å²) in [5, 5.41) is 45.7. The maximum Gasteiger partial charge on any atom is 0.183 e. The maximum absolute atomic E-state index is 12.6. The number of ketones is 3. The number of aromatic nitrogens is 6. The highest BCUT2D eigenvalue weighted by Gasteiger charge is 2.30. The molecule has 0 saturated heterocycles. The fourth-order valence-electron chi connectivity index (χ4n) is 13.9. The van der Waals surface area contributed by atoms with E-state index in [2.05, 4.69) is 91.6 Å². The minimum Gasteiger partial charge on any atom is -0.490 e. The number of Topliss-reactive ketones (excluding diaryl/α,β-unsaturated/α-hetero) is 3. The molecule has 108 heavy (non-hydrogen) atoms. The number of aromatic amines is 1. The topological polar surface area (TPSA) is 264 Å². The van der Waals surface area contributed by atoms with E-state index < -0.39 is 0 Å². The number of H-pyrrole nitrogens is 1. The van der Waals surface area contributed by atoms with Crippen molar-refractivity contribution >= 4 is 63.8 Å². The third kappa shape index (κ3) is 24.7. The van der Waals surface area contributed by atoms with Crippen molar-refractivity contribution in [2.75, 3.05) is 0 Å². The first-order valence-electron chi connectivity index (χ1n) is 37.8. The van der Waals surface area contributed by atoms with Gasteiger partial charge in [-0.2, -0.15) is 26.1 Å². The van der Waals surface area contributed by atoms with Gasteiger partial charge in [-0.15, -0.1) is 5.10 Å². The number of rotatable bonds is 22. The lowest BCUT2D eigenvalue weighted by molar-refractivity contribution is 0.0892. The van der Waals surface area contributed by atoms with Gasteiger partial charge in [0.05, 0.1) is 72.5 Å². The van der Waals surface area contributed by atoms with Gasteiger partial charge in [-0.3, -0.25) is 24.4 Å². The van der Waals surface area contributed by atoms with Crippen LogP contribution in [0.25, 0.3) is 0 Å². The number of nitriles is 4. The van der Waals surface area contributed by atoms with Crippen molar-refractivity contribution in [2.45, 2.75) is 231 Å². The molecule has 0 unspecified atom stereocenters. The number of hydrogen-bond donors (Lipinski definition) is 1. The summed E-state index contributed by atoms with van der Waals surface area (Å²) >= 11 is 24.3. The van der Waals surface area contributed by atoms with E-state index >= 15 is 0 Å². The lowest BCUT2D eigenvalue weighted by Gasteiger charge is -2.28. The predicted octanol–water partition coefficient (Wildman–Crippen LogP) is 22.4. The Morgan fingerprint density at radius 1 is 0.398 bits per heavy atom. The molecule has 4 saturated carbocycles. The molecule has 0 atom stereocenters. The number of carbonyl (C=O) groups excluding carboxylic acids is 3. The van der Waals surface area contributed by atoms with Gasteiger partial charge in [0.15, 0.2) is 17.3 Å². The van der Waals surface area contributed by atoms with E-state index in [0.29, 0.717) is 143 Å². The zero-order chi connectivity index (χ0) is 77.4. The molecule has 0 spiro atoms. The molecule has 4 heterocycles. The number of pyridine rings is 2. The molecule has 564 valence electrons. The summed E-state index contributed by atoms with van der Waals surface area (Å²) in [6, 6.07) is 40.3. The van der Waals surface area contributed by atoms with E-state index in [0.717, 1.165) is 131 Å². The molecule has 0 radical (unpaired) electrons. The molecule has 4 aromatic heterocycles. The van der Waals surface area contributed by atoms with Crippen LogP contribution in [0.2, 0.25) is 20.1 Å². The first-order valence-corrected chi connectivity index (χ1v) is 39.3. The van der Waals surface area contributed by atoms with Crippen molar-refractivity contribution in [1.29, 1.82) is 21.0 Å². The summed E-state index contributed by atoms with van der Waals surface area (Å²) in [6.07, 6.45) is 23.1. The summed E-state index contributed by atoms with van der Waals surface area (Å²) in [4.78, 5) is 54.3. The second-order valence-corrected chi connectivity index (χ2v) is 31.5. The van der Waals surface area contributed by atoms with Crippen LogP contribution < -0.4 is 18.9 Å². The second kappa shape index (κ2) is 40.8. The summed E-state index contributed by atoms with van der Waals surface area (Å²) in [7, 11) is 0. The third-order valence-electron chi connectivity index (χ3n) is 20.5. The summed E-state index contributed by atoms with van der Waals surface area (Å²) in [6.45, 7) is 16.8. The molecule has 17 nitrogen and oxygen atoms in total. The van der Waals surface area contributed by atoms with Gasteiger partial charge in [0.1, 0.15) is 64.5 Å². The van der Waals surface area contributed by atoms with Crippen LogP contribution in [-0.4, -0.2) is 71.9 Å². The number of carbonyl (C=O) groups is 3. The summed E-state index contributed by atoms with van der Waals surface area (Å²) in [5.41, 5.74) is 7.86. The van der Waals surface area contributed by atoms with Crippen molar-refractivity contribution in [2.24, 2.45) is 17.8 Å². The van der Waals surface area contributed by atoms with Gasteiger partial charge in [-0.1, -0.05) is 108 Å². The van der Waals surface area contributed by atoms with Crippen molar-refractivity contribution in [3.05, 3.63) is 216 Å². The van der Waals surface area contributed by atoms with E-state index in [4.69, 9.17) is 86.4 Å². The molecule has 0 amide bonds. The monoisotopic (exact) mass is 1530 g/mol.